The molecule has 1 aliphatic carbocycles. The van der Waals surface area contributed by atoms with Gasteiger partial charge in [0, 0.05) is 25.2 Å². The number of halogens is 1. The Morgan fingerprint density at radius 3 is 3.00 bits per heavy atom. The van der Waals surface area contributed by atoms with Crippen LogP contribution in [0.4, 0.5) is 0 Å². The van der Waals surface area contributed by atoms with E-state index in [9.17, 15) is 4.79 Å². The molecule has 1 fully saturated rings. The molecule has 1 aliphatic rings. The van der Waals surface area contributed by atoms with E-state index in [1.165, 1.54) is 12.8 Å². The highest BCUT2D eigenvalue weighted by Crippen LogP contribution is 2.31. The molecule has 1 atom stereocenters. The lowest BCUT2D eigenvalue weighted by Gasteiger charge is -2.11. The van der Waals surface area contributed by atoms with Crippen molar-refractivity contribution < 1.29 is 4.79 Å². The lowest BCUT2D eigenvalue weighted by molar-refractivity contribution is 0.0950. The Hall–Kier alpha value is -1.66. The molecule has 1 amide bonds. The molecule has 108 valence electrons. The van der Waals surface area contributed by atoms with E-state index in [0.717, 1.165) is 11.0 Å². The van der Waals surface area contributed by atoms with Crippen molar-refractivity contribution in [3.63, 3.8) is 0 Å². The van der Waals surface area contributed by atoms with Crippen molar-refractivity contribution in [1.82, 2.24) is 20.3 Å². The third kappa shape index (κ3) is 2.91. The summed E-state index contributed by atoms with van der Waals surface area (Å²) in [5.74, 6) is 0.478. The van der Waals surface area contributed by atoms with Gasteiger partial charge in [0.25, 0.3) is 5.91 Å². The summed E-state index contributed by atoms with van der Waals surface area (Å²) in [6.45, 7) is 0.530. The number of aryl methyl sites for hydroxylation is 1. The number of nitrogens with one attached hydrogen (secondary N) is 1. The number of carbonyl (C=O) groups is 1. The van der Waals surface area contributed by atoms with E-state index in [1.54, 1.807) is 16.8 Å². The van der Waals surface area contributed by atoms with Crippen LogP contribution < -0.4 is 11.1 Å². The molecule has 0 bridgehead atoms. The molecule has 20 heavy (non-hydrogen) atoms. The average molecular weight is 296 g/mol. The number of hydrogen-bond acceptors (Lipinski definition) is 4. The van der Waals surface area contributed by atoms with Crippen LogP contribution >= 0.6 is 12.4 Å². The van der Waals surface area contributed by atoms with Crippen molar-refractivity contribution in [2.24, 2.45) is 18.7 Å². The Morgan fingerprint density at radius 1 is 1.55 bits per heavy atom. The van der Waals surface area contributed by atoms with Crippen LogP contribution in [0.5, 0.6) is 0 Å². The number of benzene rings is 1. The molecule has 1 saturated carbocycles. The lowest BCUT2D eigenvalue weighted by atomic mass is 10.1. The molecule has 6 nitrogen and oxygen atoms in total. The number of nitrogens with zero attached hydrogens (tertiary/aromatic N) is 3. The number of carbonyl (C=O) groups excluding carboxylic acids is 1. The Labute approximate surface area is 123 Å². The minimum absolute atomic E-state index is 0. The van der Waals surface area contributed by atoms with Gasteiger partial charge in [0.15, 0.2) is 0 Å². The number of nitrogens with two attached hydrogens (primary N) is 1. The second-order valence-electron chi connectivity index (χ2n) is 5.13. The molecule has 1 aromatic heterocycles. The fraction of sp³-hybridized carbons (Fsp3) is 0.462. The summed E-state index contributed by atoms with van der Waals surface area (Å²) in [7, 11) is 1.82. The molecule has 0 spiro atoms. The van der Waals surface area contributed by atoms with Gasteiger partial charge in [0.1, 0.15) is 5.52 Å². The van der Waals surface area contributed by atoms with E-state index in [2.05, 4.69) is 15.6 Å². The Bertz CT molecular complexity index is 622. The summed E-state index contributed by atoms with van der Waals surface area (Å²) in [4.78, 5) is 12.0. The number of rotatable bonds is 4. The molecular formula is C13H18ClN5O. The number of aromatic nitrogens is 3. The predicted octanol–water partition coefficient (Wildman–Crippen LogP) is 0.857. The Kier molecular flexibility index (Phi) is 4.25. The maximum atomic E-state index is 12.0. The summed E-state index contributed by atoms with van der Waals surface area (Å²) in [6, 6.07) is 5.46. The first-order valence-electron chi connectivity index (χ1n) is 6.48. The first-order valence-corrected chi connectivity index (χ1v) is 6.48. The van der Waals surface area contributed by atoms with E-state index in [4.69, 9.17) is 5.73 Å². The molecule has 1 aromatic carbocycles. The first kappa shape index (κ1) is 14.7. The van der Waals surface area contributed by atoms with Crippen LogP contribution in [0.1, 0.15) is 23.2 Å². The third-order valence-corrected chi connectivity index (χ3v) is 3.60. The van der Waals surface area contributed by atoms with E-state index in [1.807, 2.05) is 13.1 Å². The third-order valence-electron chi connectivity index (χ3n) is 3.60. The SMILES string of the molecule is Cl.Cn1nnc2cc(C(=O)NCC(N)C3CC3)ccc21. The molecule has 3 N–H and O–H groups in total. The van der Waals surface area contributed by atoms with Crippen LogP contribution in [0.3, 0.4) is 0 Å². The van der Waals surface area contributed by atoms with E-state index in [-0.39, 0.29) is 24.4 Å². The summed E-state index contributed by atoms with van der Waals surface area (Å²) in [5, 5.41) is 10.8. The van der Waals surface area contributed by atoms with Gasteiger partial charge >= 0.3 is 0 Å². The smallest absolute Gasteiger partial charge is 0.251 e. The van der Waals surface area contributed by atoms with Crippen LogP contribution in [0.25, 0.3) is 11.0 Å². The van der Waals surface area contributed by atoms with Crippen molar-refractivity contribution in [1.29, 1.82) is 0 Å². The molecular weight excluding hydrogens is 278 g/mol. The zero-order valence-electron chi connectivity index (χ0n) is 11.2. The van der Waals surface area contributed by atoms with Crippen LogP contribution in [-0.2, 0) is 7.05 Å². The van der Waals surface area contributed by atoms with E-state index < -0.39 is 0 Å². The molecule has 1 heterocycles. The summed E-state index contributed by atoms with van der Waals surface area (Å²) >= 11 is 0. The highest BCUT2D eigenvalue weighted by atomic mass is 35.5. The zero-order chi connectivity index (χ0) is 13.4. The van der Waals surface area contributed by atoms with Crippen molar-refractivity contribution in [2.75, 3.05) is 6.54 Å². The molecule has 3 rings (SSSR count). The van der Waals surface area contributed by atoms with Crippen LogP contribution in [-0.4, -0.2) is 33.5 Å². The Balaban J connectivity index is 0.00000147. The molecule has 7 heteroatoms. The standard InChI is InChI=1S/C13H17N5O.ClH/c1-18-12-5-4-9(6-11(12)16-17-18)13(19)15-7-10(14)8-2-3-8;/h4-6,8,10H,2-3,7,14H2,1H3,(H,15,19);1H. The highest BCUT2D eigenvalue weighted by molar-refractivity contribution is 5.97. The molecule has 0 aliphatic heterocycles. The fourth-order valence-corrected chi connectivity index (χ4v) is 2.19. The number of amides is 1. The normalized spacial score (nSPS) is 15.7. The van der Waals surface area contributed by atoms with Crippen LogP contribution in [0.15, 0.2) is 18.2 Å². The minimum Gasteiger partial charge on any atom is -0.350 e. The van der Waals surface area contributed by atoms with Gasteiger partial charge in [-0.15, -0.1) is 17.5 Å². The quantitative estimate of drug-likeness (QED) is 0.876. The zero-order valence-corrected chi connectivity index (χ0v) is 12.1. The maximum absolute atomic E-state index is 12.0. The molecule has 1 unspecified atom stereocenters. The Morgan fingerprint density at radius 2 is 2.30 bits per heavy atom. The summed E-state index contributed by atoms with van der Waals surface area (Å²) < 4.78 is 1.68. The van der Waals surface area contributed by atoms with Crippen molar-refractivity contribution >= 4 is 29.3 Å². The molecule has 0 radical (unpaired) electrons. The number of fused-ring (bicyclic) bond motifs is 1. The number of hydrogen-bond donors (Lipinski definition) is 2. The molecule has 2 aromatic rings. The van der Waals surface area contributed by atoms with Gasteiger partial charge in [-0.25, -0.2) is 4.68 Å². The van der Waals surface area contributed by atoms with Gasteiger partial charge in [-0.2, -0.15) is 0 Å². The lowest BCUT2D eigenvalue weighted by Crippen LogP contribution is -2.38. The molecule has 0 saturated heterocycles. The van der Waals surface area contributed by atoms with Gasteiger partial charge in [-0.05, 0) is 37.0 Å². The van der Waals surface area contributed by atoms with Crippen LogP contribution in [0.2, 0.25) is 0 Å². The van der Waals surface area contributed by atoms with Crippen molar-refractivity contribution in [2.45, 2.75) is 18.9 Å². The van der Waals surface area contributed by atoms with Gasteiger partial charge in [-0.1, -0.05) is 5.21 Å². The maximum Gasteiger partial charge on any atom is 0.251 e. The van der Waals surface area contributed by atoms with Gasteiger partial charge in [0.2, 0.25) is 0 Å². The van der Waals surface area contributed by atoms with Crippen molar-refractivity contribution in [3.8, 4) is 0 Å². The summed E-state index contributed by atoms with van der Waals surface area (Å²) in [5.41, 5.74) is 8.18. The minimum atomic E-state index is -0.108. The van der Waals surface area contributed by atoms with Crippen LogP contribution in [0, 0.1) is 5.92 Å². The van der Waals surface area contributed by atoms with E-state index >= 15 is 0 Å². The summed E-state index contributed by atoms with van der Waals surface area (Å²) in [6.07, 6.45) is 2.37. The van der Waals surface area contributed by atoms with Gasteiger partial charge in [-0.3, -0.25) is 4.79 Å². The fourth-order valence-electron chi connectivity index (χ4n) is 2.19. The largest absolute Gasteiger partial charge is 0.350 e. The average Bonchev–Trinajstić information content (AvgIpc) is 3.21. The second kappa shape index (κ2) is 5.76. The monoisotopic (exact) mass is 295 g/mol. The van der Waals surface area contributed by atoms with Gasteiger partial charge < -0.3 is 11.1 Å². The topological polar surface area (TPSA) is 85.8 Å². The predicted molar refractivity (Wildman–Crippen MR) is 78.8 cm³/mol. The van der Waals surface area contributed by atoms with Crippen molar-refractivity contribution in [3.05, 3.63) is 23.8 Å². The van der Waals surface area contributed by atoms with E-state index in [0.29, 0.717) is 18.0 Å². The first-order chi connectivity index (χ1) is 9.15. The highest BCUT2D eigenvalue weighted by Gasteiger charge is 2.28. The van der Waals surface area contributed by atoms with Gasteiger partial charge in [0.05, 0.1) is 5.52 Å². The second-order valence-corrected chi connectivity index (χ2v) is 5.13.